The van der Waals surface area contributed by atoms with E-state index in [0.29, 0.717) is 6.42 Å². The van der Waals surface area contributed by atoms with E-state index in [1.807, 2.05) is 0 Å². The third kappa shape index (κ3) is 12.8. The molecule has 0 aliphatic carbocycles. The number of carboxylic acid groups (broad SMARTS) is 1. The minimum absolute atomic E-state index is 0.0530. The highest BCUT2D eigenvalue weighted by molar-refractivity contribution is 6.56. The number of halogens is 2. The fourth-order valence-electron chi connectivity index (χ4n) is 0.504. The SMILES string of the molecule is C=CC#N.CCC(=CC=C(Cl)Cl)C(=O)O. The Kier molecular flexibility index (Phi) is 11.7. The molecule has 0 aliphatic rings. The average Bonchev–Trinajstić information content (AvgIpc) is 2.18. The highest BCUT2D eigenvalue weighted by Gasteiger charge is 2.01. The Morgan fingerprint density at radius 1 is 1.53 bits per heavy atom. The number of rotatable bonds is 3. The van der Waals surface area contributed by atoms with Crippen molar-refractivity contribution in [2.45, 2.75) is 13.3 Å². The summed E-state index contributed by atoms with van der Waals surface area (Å²) < 4.78 is 0.0530. The molecule has 0 saturated carbocycles. The van der Waals surface area contributed by atoms with E-state index in [1.54, 1.807) is 13.0 Å². The third-order valence-electron chi connectivity index (χ3n) is 1.16. The average molecular weight is 248 g/mol. The number of nitriles is 1. The molecule has 0 rings (SSSR count). The molecule has 1 N–H and O–H groups in total. The van der Waals surface area contributed by atoms with Gasteiger partial charge in [-0.15, -0.1) is 0 Å². The van der Waals surface area contributed by atoms with Crippen LogP contribution in [0.3, 0.4) is 0 Å². The van der Waals surface area contributed by atoms with Crippen LogP contribution in [0.5, 0.6) is 0 Å². The fourth-order valence-corrected chi connectivity index (χ4v) is 0.630. The van der Waals surface area contributed by atoms with Crippen LogP contribution < -0.4 is 0 Å². The van der Waals surface area contributed by atoms with Crippen LogP contribution in [0, 0.1) is 11.3 Å². The van der Waals surface area contributed by atoms with Gasteiger partial charge in [-0.2, -0.15) is 5.26 Å². The molecule has 15 heavy (non-hydrogen) atoms. The van der Waals surface area contributed by atoms with Crippen LogP contribution in [0.1, 0.15) is 13.3 Å². The van der Waals surface area contributed by atoms with E-state index < -0.39 is 5.97 Å². The van der Waals surface area contributed by atoms with Gasteiger partial charge in [0.2, 0.25) is 0 Å². The van der Waals surface area contributed by atoms with Gasteiger partial charge in [0, 0.05) is 11.6 Å². The van der Waals surface area contributed by atoms with Crippen LogP contribution in [-0.2, 0) is 4.79 Å². The monoisotopic (exact) mass is 247 g/mol. The van der Waals surface area contributed by atoms with E-state index in [0.717, 1.165) is 0 Å². The van der Waals surface area contributed by atoms with Crippen molar-refractivity contribution in [3.8, 4) is 6.07 Å². The van der Waals surface area contributed by atoms with Crippen LogP contribution in [0.15, 0.2) is 34.9 Å². The summed E-state index contributed by atoms with van der Waals surface area (Å²) in [6.07, 6.45) is 4.36. The Morgan fingerprint density at radius 2 is 2.00 bits per heavy atom. The van der Waals surface area contributed by atoms with Crippen molar-refractivity contribution in [2.75, 3.05) is 0 Å². The summed E-state index contributed by atoms with van der Waals surface area (Å²) in [5.41, 5.74) is 0.281. The second-order valence-electron chi connectivity index (χ2n) is 2.14. The summed E-state index contributed by atoms with van der Waals surface area (Å²) in [5.74, 6) is -0.946. The van der Waals surface area contributed by atoms with E-state index >= 15 is 0 Å². The lowest BCUT2D eigenvalue weighted by atomic mass is 10.2. The molecule has 82 valence electrons. The van der Waals surface area contributed by atoms with Crippen molar-refractivity contribution >= 4 is 29.2 Å². The van der Waals surface area contributed by atoms with Gasteiger partial charge < -0.3 is 5.11 Å². The molecule has 0 saturated heterocycles. The molecule has 0 aromatic heterocycles. The van der Waals surface area contributed by atoms with Crippen LogP contribution in [-0.4, -0.2) is 11.1 Å². The molecule has 0 spiro atoms. The van der Waals surface area contributed by atoms with Gasteiger partial charge in [0.25, 0.3) is 0 Å². The topological polar surface area (TPSA) is 61.1 Å². The predicted octanol–water partition coefficient (Wildman–Crippen LogP) is 3.42. The normalized spacial score (nSPS) is 9.07. The Hall–Kier alpha value is -1.24. The van der Waals surface area contributed by atoms with Gasteiger partial charge in [-0.1, -0.05) is 36.7 Å². The van der Waals surface area contributed by atoms with E-state index in [-0.39, 0.29) is 10.1 Å². The molecule has 0 aromatic rings. The summed E-state index contributed by atoms with van der Waals surface area (Å²) in [5, 5.41) is 16.0. The Bertz CT molecular complexity index is 310. The molecule has 0 aromatic carbocycles. The Morgan fingerprint density at radius 3 is 2.20 bits per heavy atom. The zero-order valence-electron chi connectivity index (χ0n) is 8.20. The molecular weight excluding hydrogens is 237 g/mol. The fraction of sp³-hybridized carbons (Fsp3) is 0.200. The van der Waals surface area contributed by atoms with E-state index in [2.05, 4.69) is 6.58 Å². The molecule has 0 bridgehead atoms. The van der Waals surface area contributed by atoms with Crippen molar-refractivity contribution in [3.63, 3.8) is 0 Å². The van der Waals surface area contributed by atoms with Crippen LogP contribution in [0.4, 0.5) is 0 Å². The smallest absolute Gasteiger partial charge is 0.331 e. The molecule has 3 nitrogen and oxygen atoms in total. The maximum atomic E-state index is 10.4. The van der Waals surface area contributed by atoms with Crippen molar-refractivity contribution < 1.29 is 9.90 Å². The zero-order chi connectivity index (χ0) is 12.3. The number of hydrogen-bond acceptors (Lipinski definition) is 2. The third-order valence-corrected chi connectivity index (χ3v) is 1.41. The van der Waals surface area contributed by atoms with Gasteiger partial charge in [0.15, 0.2) is 0 Å². The second kappa shape index (κ2) is 10.8. The number of hydrogen-bond donors (Lipinski definition) is 1. The quantitative estimate of drug-likeness (QED) is 0.472. The van der Waals surface area contributed by atoms with Crippen molar-refractivity contribution in [3.05, 3.63) is 34.9 Å². The first kappa shape index (κ1) is 16.2. The highest BCUT2D eigenvalue weighted by Crippen LogP contribution is 2.08. The second-order valence-corrected chi connectivity index (χ2v) is 3.15. The predicted molar refractivity (Wildman–Crippen MR) is 61.6 cm³/mol. The van der Waals surface area contributed by atoms with Gasteiger partial charge in [-0.25, -0.2) is 4.79 Å². The number of aliphatic carboxylic acids is 1. The minimum atomic E-state index is -0.946. The lowest BCUT2D eigenvalue weighted by Crippen LogP contribution is -1.97. The van der Waals surface area contributed by atoms with Gasteiger partial charge in [-0.3, -0.25) is 0 Å². The molecule has 0 fully saturated rings. The maximum Gasteiger partial charge on any atom is 0.331 e. The first-order chi connectivity index (χ1) is 6.99. The molecular formula is C10H11Cl2NO2. The van der Waals surface area contributed by atoms with E-state index in [9.17, 15) is 4.79 Å². The van der Waals surface area contributed by atoms with Gasteiger partial charge >= 0.3 is 5.97 Å². The highest BCUT2D eigenvalue weighted by atomic mass is 35.5. The molecule has 5 heteroatoms. The van der Waals surface area contributed by atoms with Crippen molar-refractivity contribution in [1.82, 2.24) is 0 Å². The minimum Gasteiger partial charge on any atom is -0.478 e. The first-order valence-electron chi connectivity index (χ1n) is 3.95. The number of carboxylic acids is 1. The number of allylic oxidation sites excluding steroid dienone is 3. The number of carbonyl (C=O) groups is 1. The summed E-state index contributed by atoms with van der Waals surface area (Å²) in [4.78, 5) is 10.4. The molecule has 0 heterocycles. The summed E-state index contributed by atoms with van der Waals surface area (Å²) in [7, 11) is 0. The Labute approximate surface area is 98.9 Å². The van der Waals surface area contributed by atoms with Crippen LogP contribution >= 0.6 is 23.2 Å². The van der Waals surface area contributed by atoms with Gasteiger partial charge in [0.1, 0.15) is 4.49 Å². The van der Waals surface area contributed by atoms with E-state index in [4.69, 9.17) is 33.6 Å². The molecule has 0 radical (unpaired) electrons. The maximum absolute atomic E-state index is 10.4. The summed E-state index contributed by atoms with van der Waals surface area (Å²) in [6.45, 7) is 4.86. The van der Waals surface area contributed by atoms with Crippen LogP contribution in [0.2, 0.25) is 0 Å². The van der Waals surface area contributed by atoms with Gasteiger partial charge in [-0.05, 0) is 18.6 Å². The van der Waals surface area contributed by atoms with Crippen LogP contribution in [0.25, 0.3) is 0 Å². The largest absolute Gasteiger partial charge is 0.478 e. The first-order valence-corrected chi connectivity index (χ1v) is 4.70. The lowest BCUT2D eigenvalue weighted by Gasteiger charge is -1.92. The molecule has 0 unspecified atom stereocenters. The Balaban J connectivity index is 0. The lowest BCUT2D eigenvalue weighted by molar-refractivity contribution is -0.132. The summed E-state index contributed by atoms with van der Waals surface area (Å²) >= 11 is 10.5. The van der Waals surface area contributed by atoms with Crippen molar-refractivity contribution in [1.29, 1.82) is 5.26 Å². The van der Waals surface area contributed by atoms with E-state index in [1.165, 1.54) is 18.2 Å². The van der Waals surface area contributed by atoms with Gasteiger partial charge in [0.05, 0.1) is 6.07 Å². The zero-order valence-corrected chi connectivity index (χ0v) is 9.72. The standard InChI is InChI=1S/C7H8Cl2O2.C3H3N/c1-2-5(7(10)11)3-4-6(8)9;1-2-3-4/h3-4H,2H2,1H3,(H,10,11);2H,1H2. The molecule has 0 amide bonds. The molecule has 0 atom stereocenters. The summed E-state index contributed by atoms with van der Waals surface area (Å²) in [6, 6.07) is 1.69. The number of nitrogens with zero attached hydrogens (tertiary/aromatic N) is 1. The molecule has 0 aliphatic heterocycles. The van der Waals surface area contributed by atoms with Crippen molar-refractivity contribution in [2.24, 2.45) is 0 Å².